The molecule has 0 bridgehead atoms. The second-order valence-corrected chi connectivity index (χ2v) is 3.30. The molecule has 16 heavy (non-hydrogen) atoms. The van der Waals surface area contributed by atoms with Crippen LogP contribution in [0.3, 0.4) is 0 Å². The maximum atomic E-state index is 3.12. The zero-order valence-corrected chi connectivity index (χ0v) is 13.8. The molecule has 1 nitrogen and oxygen atoms in total. The number of aryl methyl sites for hydroxylation is 1. The van der Waals surface area contributed by atoms with Gasteiger partial charge in [0.2, 0.25) is 0 Å². The molecule has 2 heteroatoms. The van der Waals surface area contributed by atoms with Gasteiger partial charge in [0.1, 0.15) is 0 Å². The molecule has 1 radical (unpaired) electrons. The van der Waals surface area contributed by atoms with E-state index < -0.39 is 0 Å². The average Bonchev–Trinajstić information content (AvgIpc) is 2.23. The molecule has 0 aliphatic rings. The first kappa shape index (κ1) is 18.2. The molecule has 85 valence electrons. The molecule has 0 saturated heterocycles. The molecule has 1 aromatic carbocycles. The number of hydrogen-bond acceptors (Lipinski definition) is 1. The van der Waals surface area contributed by atoms with E-state index in [1.54, 1.807) is 0 Å². The predicted molar refractivity (Wildman–Crippen MR) is 66.8 cm³/mol. The molecule has 0 spiro atoms. The Bertz CT molecular complexity index is 317. The van der Waals surface area contributed by atoms with Crippen LogP contribution in [0, 0.1) is 24.8 Å². The van der Waals surface area contributed by atoms with Gasteiger partial charge in [0.25, 0.3) is 0 Å². The Kier molecular flexibility index (Phi) is 12.9. The molecule has 0 heterocycles. The summed E-state index contributed by atoms with van der Waals surface area (Å²) in [6.07, 6.45) is 0. The van der Waals surface area contributed by atoms with E-state index in [4.69, 9.17) is 0 Å². The van der Waals surface area contributed by atoms with E-state index in [2.05, 4.69) is 17.9 Å². The molecule has 0 aliphatic heterocycles. The standard InChI is InChI=1S/C12H14N.C2H6.Y/c1-11-6-8-12(9-7-11)5-4-10-13(2)3;1-2;/h6,8-9H,10H2,1-3H3;1-2H3;/q-1;;. The molecule has 0 saturated carbocycles. The average molecular weight is 291 g/mol. The van der Waals surface area contributed by atoms with Crippen LogP contribution >= 0.6 is 0 Å². The first-order valence-electron chi connectivity index (χ1n) is 5.30. The fourth-order valence-electron chi connectivity index (χ4n) is 0.880. The monoisotopic (exact) mass is 291 g/mol. The Morgan fingerprint density at radius 3 is 2.31 bits per heavy atom. The van der Waals surface area contributed by atoms with Gasteiger partial charge in [0.15, 0.2) is 0 Å². The maximum absolute atomic E-state index is 3.12. The minimum Gasteiger partial charge on any atom is -0.299 e. The van der Waals surface area contributed by atoms with Crippen molar-refractivity contribution in [2.75, 3.05) is 20.6 Å². The van der Waals surface area contributed by atoms with Crippen LogP contribution in [0.4, 0.5) is 0 Å². The van der Waals surface area contributed by atoms with Gasteiger partial charge in [0.05, 0.1) is 6.54 Å². The van der Waals surface area contributed by atoms with Gasteiger partial charge in [-0.05, 0) is 14.1 Å². The molecule has 1 aromatic rings. The zero-order chi connectivity index (χ0) is 11.7. The Morgan fingerprint density at radius 1 is 1.25 bits per heavy atom. The van der Waals surface area contributed by atoms with Crippen LogP contribution < -0.4 is 0 Å². The first-order chi connectivity index (χ1) is 7.18. The van der Waals surface area contributed by atoms with Gasteiger partial charge in [-0.25, -0.2) is 0 Å². The molecule has 0 amide bonds. The first-order valence-corrected chi connectivity index (χ1v) is 5.30. The fraction of sp³-hybridized carbons (Fsp3) is 0.429. The topological polar surface area (TPSA) is 3.24 Å². The van der Waals surface area contributed by atoms with E-state index in [0.29, 0.717) is 0 Å². The van der Waals surface area contributed by atoms with Crippen molar-refractivity contribution >= 4 is 0 Å². The van der Waals surface area contributed by atoms with Crippen molar-refractivity contribution in [3.63, 3.8) is 0 Å². The largest absolute Gasteiger partial charge is 0.299 e. The number of rotatable bonds is 1. The Balaban J connectivity index is 0. The Hall–Kier alpha value is -0.156. The Labute approximate surface area is 125 Å². The quantitative estimate of drug-likeness (QED) is 0.568. The summed E-state index contributed by atoms with van der Waals surface area (Å²) in [4.78, 5) is 2.05. The van der Waals surface area contributed by atoms with Crippen LogP contribution in [-0.2, 0) is 32.7 Å². The van der Waals surface area contributed by atoms with E-state index in [0.717, 1.165) is 17.7 Å². The minimum atomic E-state index is 0. The summed E-state index contributed by atoms with van der Waals surface area (Å²) in [7, 11) is 4.02. The van der Waals surface area contributed by atoms with Crippen molar-refractivity contribution in [2.45, 2.75) is 20.8 Å². The fourth-order valence-corrected chi connectivity index (χ4v) is 0.880. The molecule has 0 fully saturated rings. The summed E-state index contributed by atoms with van der Waals surface area (Å²) in [6.45, 7) is 6.82. The summed E-state index contributed by atoms with van der Waals surface area (Å²) < 4.78 is 0. The minimum absolute atomic E-state index is 0. The molecule has 0 N–H and O–H groups in total. The van der Waals surface area contributed by atoms with E-state index >= 15 is 0 Å². The molecule has 0 aliphatic carbocycles. The van der Waals surface area contributed by atoms with Gasteiger partial charge in [-0.15, -0.1) is 5.92 Å². The number of hydrogen-bond donors (Lipinski definition) is 0. The third kappa shape index (κ3) is 9.10. The maximum Gasteiger partial charge on any atom is 0.0589 e. The van der Waals surface area contributed by atoms with Crippen LogP contribution in [0.2, 0.25) is 0 Å². The van der Waals surface area contributed by atoms with Crippen LogP contribution in [0.1, 0.15) is 25.0 Å². The van der Waals surface area contributed by atoms with Crippen LogP contribution in [0.5, 0.6) is 0 Å². The van der Waals surface area contributed by atoms with Gasteiger partial charge in [-0.2, -0.15) is 29.8 Å². The van der Waals surface area contributed by atoms with Gasteiger partial charge in [-0.3, -0.25) is 4.90 Å². The van der Waals surface area contributed by atoms with Gasteiger partial charge in [0, 0.05) is 32.7 Å². The molecule has 0 aromatic heterocycles. The van der Waals surface area contributed by atoms with E-state index in [1.165, 1.54) is 0 Å². The van der Waals surface area contributed by atoms with Crippen LogP contribution in [0.25, 0.3) is 0 Å². The predicted octanol–water partition coefficient (Wildman–Crippen LogP) is 2.73. The zero-order valence-electron chi connectivity index (χ0n) is 11.0. The van der Waals surface area contributed by atoms with E-state index in [9.17, 15) is 0 Å². The third-order valence-corrected chi connectivity index (χ3v) is 1.60. The number of benzene rings is 1. The summed E-state index contributed by atoms with van der Waals surface area (Å²) in [6, 6.07) is 9.10. The van der Waals surface area contributed by atoms with Gasteiger partial charge >= 0.3 is 0 Å². The number of nitrogens with zero attached hydrogens (tertiary/aromatic N) is 1. The smallest absolute Gasteiger partial charge is 0.0589 e. The van der Waals surface area contributed by atoms with E-state index in [-0.39, 0.29) is 32.7 Å². The van der Waals surface area contributed by atoms with Crippen molar-refractivity contribution in [1.82, 2.24) is 4.90 Å². The van der Waals surface area contributed by atoms with Crippen LogP contribution in [-0.4, -0.2) is 25.5 Å². The SMILES string of the molecule is CC.Cc1[c-]cc(C#CCN(C)C)cc1.[Y]. The van der Waals surface area contributed by atoms with Crippen molar-refractivity contribution in [3.05, 3.63) is 35.4 Å². The van der Waals surface area contributed by atoms with Crippen molar-refractivity contribution in [2.24, 2.45) is 0 Å². The Morgan fingerprint density at radius 2 is 1.88 bits per heavy atom. The van der Waals surface area contributed by atoms with Crippen molar-refractivity contribution < 1.29 is 32.7 Å². The second kappa shape index (κ2) is 11.3. The molecular formula is C14H20NY-. The summed E-state index contributed by atoms with van der Waals surface area (Å²) in [5.41, 5.74) is 2.19. The van der Waals surface area contributed by atoms with Crippen molar-refractivity contribution in [3.8, 4) is 11.8 Å². The molecule has 0 unspecified atom stereocenters. The molecule has 1 rings (SSSR count). The second-order valence-electron chi connectivity index (χ2n) is 3.30. The van der Waals surface area contributed by atoms with Crippen LogP contribution in [0.15, 0.2) is 18.2 Å². The molecular weight excluding hydrogens is 271 g/mol. The normalized spacial score (nSPS) is 8.12. The van der Waals surface area contributed by atoms with E-state index in [1.807, 2.05) is 58.0 Å². The third-order valence-electron chi connectivity index (χ3n) is 1.60. The molecule has 0 atom stereocenters. The van der Waals surface area contributed by atoms with Gasteiger partial charge in [-0.1, -0.05) is 32.3 Å². The summed E-state index contributed by atoms with van der Waals surface area (Å²) in [5, 5.41) is 0. The summed E-state index contributed by atoms with van der Waals surface area (Å²) >= 11 is 0. The van der Waals surface area contributed by atoms with Crippen molar-refractivity contribution in [1.29, 1.82) is 0 Å². The van der Waals surface area contributed by atoms with Gasteiger partial charge < -0.3 is 0 Å². The summed E-state index contributed by atoms with van der Waals surface area (Å²) in [5.74, 6) is 6.16.